The lowest BCUT2D eigenvalue weighted by Crippen LogP contribution is -2.15. The largest absolute Gasteiger partial charge is 0.385 e. The van der Waals surface area contributed by atoms with Crippen molar-refractivity contribution in [2.24, 2.45) is 5.73 Å². The number of aliphatic hydroxyl groups is 1. The molecule has 4 heteroatoms. The van der Waals surface area contributed by atoms with Crippen molar-refractivity contribution in [3.8, 4) is 0 Å². The van der Waals surface area contributed by atoms with Crippen molar-refractivity contribution in [2.75, 3.05) is 6.54 Å². The molecule has 0 amide bonds. The number of rotatable bonds is 3. The second-order valence-corrected chi connectivity index (χ2v) is 3.27. The lowest BCUT2D eigenvalue weighted by atomic mass is 10.0. The van der Waals surface area contributed by atoms with Crippen molar-refractivity contribution >= 4 is 0 Å². The van der Waals surface area contributed by atoms with Crippen LogP contribution in [0.3, 0.4) is 0 Å². The molecule has 0 aliphatic heterocycles. The van der Waals surface area contributed by atoms with Crippen LogP contribution in [0.1, 0.15) is 37.1 Å². The zero-order chi connectivity index (χ0) is 9.84. The van der Waals surface area contributed by atoms with Gasteiger partial charge in [-0.3, -0.25) is 0 Å². The molecule has 0 aliphatic rings. The Morgan fingerprint density at radius 2 is 2.23 bits per heavy atom. The third-order valence-electron chi connectivity index (χ3n) is 1.93. The molecule has 0 fully saturated rings. The Balaban J connectivity index is 3.04. The molecule has 0 bridgehead atoms. The monoisotopic (exact) mass is 181 g/mol. The highest BCUT2D eigenvalue weighted by atomic mass is 16.3. The van der Waals surface area contributed by atoms with Gasteiger partial charge in [-0.1, -0.05) is 13.8 Å². The summed E-state index contributed by atoms with van der Waals surface area (Å²) in [6, 6.07) is 0. The van der Waals surface area contributed by atoms with Crippen LogP contribution in [0.4, 0.5) is 0 Å². The topological polar surface area (TPSA) is 72.0 Å². The fourth-order valence-corrected chi connectivity index (χ4v) is 1.18. The van der Waals surface area contributed by atoms with Gasteiger partial charge in [0, 0.05) is 12.7 Å². The minimum absolute atomic E-state index is 0.191. The maximum absolute atomic E-state index is 9.54. The Bertz CT molecular complexity index is 275. The Labute approximate surface area is 77.8 Å². The maximum atomic E-state index is 9.54. The van der Waals surface area contributed by atoms with Gasteiger partial charge in [-0.2, -0.15) is 0 Å². The zero-order valence-corrected chi connectivity index (χ0v) is 7.94. The van der Waals surface area contributed by atoms with E-state index in [1.54, 1.807) is 6.20 Å². The summed E-state index contributed by atoms with van der Waals surface area (Å²) >= 11 is 0. The average Bonchev–Trinajstić information content (AvgIpc) is 2.16. The van der Waals surface area contributed by atoms with E-state index in [1.807, 2.05) is 13.8 Å². The predicted molar refractivity (Wildman–Crippen MR) is 50.1 cm³/mol. The molecule has 72 valence electrons. The fraction of sp³-hybridized carbons (Fsp3) is 0.556. The number of hydrogen-bond acceptors (Lipinski definition) is 4. The van der Waals surface area contributed by atoms with E-state index in [1.165, 1.54) is 6.33 Å². The third-order valence-corrected chi connectivity index (χ3v) is 1.93. The highest BCUT2D eigenvalue weighted by Crippen LogP contribution is 2.20. The molecule has 0 radical (unpaired) electrons. The first-order chi connectivity index (χ1) is 6.16. The standard InChI is InChI=1S/C9H15N3O/c1-6(2)7-4-11-5-12-9(7)8(13)3-10/h4-6,8,13H,3,10H2,1-2H3. The van der Waals surface area contributed by atoms with E-state index < -0.39 is 6.10 Å². The van der Waals surface area contributed by atoms with Crippen LogP contribution in [-0.4, -0.2) is 21.6 Å². The molecule has 13 heavy (non-hydrogen) atoms. The van der Waals surface area contributed by atoms with Crippen LogP contribution >= 0.6 is 0 Å². The first kappa shape index (κ1) is 10.1. The number of aromatic nitrogens is 2. The van der Waals surface area contributed by atoms with Gasteiger partial charge in [-0.15, -0.1) is 0 Å². The molecule has 1 unspecified atom stereocenters. The summed E-state index contributed by atoms with van der Waals surface area (Å²) in [6.45, 7) is 4.26. The van der Waals surface area contributed by atoms with E-state index in [0.29, 0.717) is 11.6 Å². The van der Waals surface area contributed by atoms with Gasteiger partial charge in [0.25, 0.3) is 0 Å². The molecule has 0 aliphatic carbocycles. The first-order valence-electron chi connectivity index (χ1n) is 4.34. The molecule has 0 saturated heterocycles. The summed E-state index contributed by atoms with van der Waals surface area (Å²) in [7, 11) is 0. The van der Waals surface area contributed by atoms with Crippen LogP contribution in [0.15, 0.2) is 12.5 Å². The highest BCUT2D eigenvalue weighted by Gasteiger charge is 2.14. The van der Waals surface area contributed by atoms with Crippen molar-refractivity contribution in [1.82, 2.24) is 9.97 Å². The van der Waals surface area contributed by atoms with Crippen molar-refractivity contribution in [3.05, 3.63) is 23.8 Å². The van der Waals surface area contributed by atoms with E-state index in [-0.39, 0.29) is 6.54 Å². The smallest absolute Gasteiger partial charge is 0.115 e. The summed E-state index contributed by atoms with van der Waals surface area (Å²) in [5, 5.41) is 9.54. The summed E-state index contributed by atoms with van der Waals surface area (Å²) in [5.74, 6) is 0.303. The zero-order valence-electron chi connectivity index (χ0n) is 7.94. The molecular formula is C9H15N3O. The van der Waals surface area contributed by atoms with E-state index in [2.05, 4.69) is 9.97 Å². The van der Waals surface area contributed by atoms with Gasteiger partial charge in [-0.25, -0.2) is 9.97 Å². The summed E-state index contributed by atoms with van der Waals surface area (Å²) < 4.78 is 0. The molecule has 0 spiro atoms. The van der Waals surface area contributed by atoms with E-state index in [9.17, 15) is 5.11 Å². The van der Waals surface area contributed by atoms with Crippen molar-refractivity contribution in [2.45, 2.75) is 25.9 Å². The van der Waals surface area contributed by atoms with Crippen molar-refractivity contribution < 1.29 is 5.11 Å². The summed E-state index contributed by atoms with van der Waals surface area (Å²) in [6.07, 6.45) is 2.48. The van der Waals surface area contributed by atoms with Gasteiger partial charge >= 0.3 is 0 Å². The van der Waals surface area contributed by atoms with Crippen LogP contribution in [-0.2, 0) is 0 Å². The van der Waals surface area contributed by atoms with Crippen molar-refractivity contribution in [3.63, 3.8) is 0 Å². The minimum atomic E-state index is -0.680. The van der Waals surface area contributed by atoms with E-state index in [0.717, 1.165) is 5.56 Å². The van der Waals surface area contributed by atoms with Gasteiger partial charge in [0.2, 0.25) is 0 Å². The molecule has 1 rings (SSSR count). The molecule has 0 saturated carbocycles. The Hall–Kier alpha value is -1.00. The molecule has 3 N–H and O–H groups in total. The Kier molecular flexibility index (Phi) is 3.33. The van der Waals surface area contributed by atoms with Crippen LogP contribution in [0, 0.1) is 0 Å². The lowest BCUT2D eigenvalue weighted by Gasteiger charge is -2.13. The van der Waals surface area contributed by atoms with Gasteiger partial charge in [0.05, 0.1) is 5.69 Å². The van der Waals surface area contributed by atoms with Crippen LogP contribution in [0.5, 0.6) is 0 Å². The third kappa shape index (κ3) is 2.23. The molecule has 4 nitrogen and oxygen atoms in total. The van der Waals surface area contributed by atoms with Crippen LogP contribution in [0.25, 0.3) is 0 Å². The first-order valence-corrected chi connectivity index (χ1v) is 4.34. The van der Waals surface area contributed by atoms with Crippen LogP contribution < -0.4 is 5.73 Å². The number of nitrogens with zero attached hydrogens (tertiary/aromatic N) is 2. The minimum Gasteiger partial charge on any atom is -0.385 e. The second kappa shape index (κ2) is 4.30. The number of hydrogen-bond donors (Lipinski definition) is 2. The Morgan fingerprint density at radius 3 is 2.77 bits per heavy atom. The Morgan fingerprint density at radius 1 is 1.54 bits per heavy atom. The SMILES string of the molecule is CC(C)c1cncnc1C(O)CN. The van der Waals surface area contributed by atoms with E-state index >= 15 is 0 Å². The molecule has 0 aromatic carbocycles. The van der Waals surface area contributed by atoms with Gasteiger partial charge < -0.3 is 10.8 Å². The lowest BCUT2D eigenvalue weighted by molar-refractivity contribution is 0.180. The molecule has 1 aromatic heterocycles. The number of aliphatic hydroxyl groups excluding tert-OH is 1. The summed E-state index contributed by atoms with van der Waals surface area (Å²) in [4.78, 5) is 7.95. The predicted octanol–water partition coefficient (Wildman–Crippen LogP) is 0.592. The van der Waals surface area contributed by atoms with Gasteiger partial charge in [0.1, 0.15) is 12.4 Å². The van der Waals surface area contributed by atoms with Gasteiger partial charge in [0.15, 0.2) is 0 Å². The normalized spacial score (nSPS) is 13.3. The maximum Gasteiger partial charge on any atom is 0.115 e. The number of nitrogens with two attached hydrogens (primary N) is 1. The van der Waals surface area contributed by atoms with E-state index in [4.69, 9.17) is 5.73 Å². The fourth-order valence-electron chi connectivity index (χ4n) is 1.18. The average molecular weight is 181 g/mol. The van der Waals surface area contributed by atoms with Gasteiger partial charge in [-0.05, 0) is 11.5 Å². The highest BCUT2D eigenvalue weighted by molar-refractivity contribution is 5.21. The molecule has 1 aromatic rings. The molecule has 1 heterocycles. The summed E-state index contributed by atoms with van der Waals surface area (Å²) in [5.41, 5.74) is 6.97. The van der Waals surface area contributed by atoms with Crippen molar-refractivity contribution in [1.29, 1.82) is 0 Å². The van der Waals surface area contributed by atoms with Crippen LogP contribution in [0.2, 0.25) is 0 Å². The quantitative estimate of drug-likeness (QED) is 0.716. The molecule has 1 atom stereocenters. The second-order valence-electron chi connectivity index (χ2n) is 3.27. The molecular weight excluding hydrogens is 166 g/mol.